The Morgan fingerprint density at radius 1 is 1.24 bits per heavy atom. The van der Waals surface area contributed by atoms with E-state index < -0.39 is 0 Å². The molecule has 3 aromatic rings. The van der Waals surface area contributed by atoms with E-state index in [0.717, 1.165) is 4.88 Å². The molecule has 84 valence electrons. The van der Waals surface area contributed by atoms with Crippen molar-refractivity contribution in [2.24, 2.45) is 0 Å². The SMILES string of the molecule is Nc1nc(-c2cncs2)nc2cc(F)ccc12. The molecule has 0 aliphatic heterocycles. The minimum Gasteiger partial charge on any atom is -0.383 e. The lowest BCUT2D eigenvalue weighted by Gasteiger charge is -2.03. The van der Waals surface area contributed by atoms with Gasteiger partial charge in [-0.05, 0) is 12.1 Å². The van der Waals surface area contributed by atoms with E-state index in [0.29, 0.717) is 22.5 Å². The van der Waals surface area contributed by atoms with Crippen LogP contribution in [0.2, 0.25) is 0 Å². The summed E-state index contributed by atoms with van der Waals surface area (Å²) in [6.07, 6.45) is 1.66. The van der Waals surface area contributed by atoms with Crippen LogP contribution in [0.1, 0.15) is 0 Å². The van der Waals surface area contributed by atoms with Gasteiger partial charge in [-0.2, -0.15) is 0 Å². The maximum Gasteiger partial charge on any atom is 0.173 e. The Kier molecular flexibility index (Phi) is 2.22. The third-order valence-electron chi connectivity index (χ3n) is 2.34. The molecule has 0 bridgehead atoms. The number of thiazole rings is 1. The highest BCUT2D eigenvalue weighted by molar-refractivity contribution is 7.13. The maximum absolute atomic E-state index is 13.1. The molecule has 4 nitrogen and oxygen atoms in total. The summed E-state index contributed by atoms with van der Waals surface area (Å²) in [5.74, 6) is 0.479. The van der Waals surface area contributed by atoms with Crippen molar-refractivity contribution in [3.63, 3.8) is 0 Å². The number of hydrogen-bond acceptors (Lipinski definition) is 5. The first-order valence-corrected chi connectivity index (χ1v) is 5.73. The second-order valence-corrected chi connectivity index (χ2v) is 4.35. The van der Waals surface area contributed by atoms with E-state index >= 15 is 0 Å². The van der Waals surface area contributed by atoms with Crippen LogP contribution in [0.15, 0.2) is 29.9 Å². The van der Waals surface area contributed by atoms with Gasteiger partial charge < -0.3 is 5.73 Å². The number of benzene rings is 1. The normalized spacial score (nSPS) is 10.9. The van der Waals surface area contributed by atoms with E-state index in [1.165, 1.54) is 23.5 Å². The van der Waals surface area contributed by atoms with Crippen LogP contribution in [-0.4, -0.2) is 15.0 Å². The number of hydrogen-bond donors (Lipinski definition) is 1. The molecule has 0 atom stereocenters. The van der Waals surface area contributed by atoms with Crippen molar-refractivity contribution in [3.8, 4) is 10.7 Å². The largest absolute Gasteiger partial charge is 0.383 e. The number of halogens is 1. The molecule has 0 spiro atoms. The molecule has 17 heavy (non-hydrogen) atoms. The van der Waals surface area contributed by atoms with Crippen LogP contribution in [0, 0.1) is 5.82 Å². The van der Waals surface area contributed by atoms with E-state index in [2.05, 4.69) is 15.0 Å². The number of aromatic nitrogens is 3. The number of nitrogens with zero attached hydrogens (tertiary/aromatic N) is 3. The van der Waals surface area contributed by atoms with Crippen LogP contribution >= 0.6 is 11.3 Å². The van der Waals surface area contributed by atoms with Crippen molar-refractivity contribution in [3.05, 3.63) is 35.7 Å². The molecule has 1 aromatic carbocycles. The zero-order chi connectivity index (χ0) is 11.8. The first kappa shape index (κ1) is 10.1. The summed E-state index contributed by atoms with van der Waals surface area (Å²) in [7, 11) is 0. The number of fused-ring (bicyclic) bond motifs is 1. The lowest BCUT2D eigenvalue weighted by Crippen LogP contribution is -1.97. The van der Waals surface area contributed by atoms with Gasteiger partial charge in [-0.25, -0.2) is 14.4 Å². The van der Waals surface area contributed by atoms with Crippen molar-refractivity contribution in [1.29, 1.82) is 0 Å². The molecule has 2 aromatic heterocycles. The summed E-state index contributed by atoms with van der Waals surface area (Å²) in [6.45, 7) is 0. The highest BCUT2D eigenvalue weighted by Gasteiger charge is 2.08. The van der Waals surface area contributed by atoms with Gasteiger partial charge in [-0.15, -0.1) is 11.3 Å². The summed E-state index contributed by atoms with van der Waals surface area (Å²) in [6, 6.07) is 4.27. The molecular weight excluding hydrogens is 239 g/mol. The fraction of sp³-hybridized carbons (Fsp3) is 0. The topological polar surface area (TPSA) is 64.7 Å². The van der Waals surface area contributed by atoms with Crippen molar-refractivity contribution in [2.45, 2.75) is 0 Å². The first-order valence-electron chi connectivity index (χ1n) is 4.86. The van der Waals surface area contributed by atoms with Gasteiger partial charge in [0.2, 0.25) is 0 Å². The lowest BCUT2D eigenvalue weighted by molar-refractivity contribution is 0.629. The fourth-order valence-electron chi connectivity index (χ4n) is 1.56. The van der Waals surface area contributed by atoms with Crippen LogP contribution in [0.3, 0.4) is 0 Å². The molecule has 0 saturated carbocycles. The van der Waals surface area contributed by atoms with Gasteiger partial charge in [0, 0.05) is 17.6 Å². The minimum absolute atomic E-state index is 0.342. The second kappa shape index (κ2) is 3.74. The van der Waals surface area contributed by atoms with Gasteiger partial charge in [0.25, 0.3) is 0 Å². The van der Waals surface area contributed by atoms with Gasteiger partial charge in [0.1, 0.15) is 11.6 Å². The third-order valence-corrected chi connectivity index (χ3v) is 3.11. The van der Waals surface area contributed by atoms with Gasteiger partial charge >= 0.3 is 0 Å². The van der Waals surface area contributed by atoms with E-state index in [9.17, 15) is 4.39 Å². The summed E-state index contributed by atoms with van der Waals surface area (Å²) < 4.78 is 13.1. The molecule has 2 heterocycles. The summed E-state index contributed by atoms with van der Waals surface area (Å²) in [4.78, 5) is 13.2. The number of anilines is 1. The molecular formula is C11H7FN4S. The predicted molar refractivity (Wildman–Crippen MR) is 65.0 cm³/mol. The molecule has 3 rings (SSSR count). The summed E-state index contributed by atoms with van der Waals surface area (Å²) in [5, 5.41) is 0.652. The lowest BCUT2D eigenvalue weighted by atomic mass is 10.2. The Morgan fingerprint density at radius 3 is 2.88 bits per heavy atom. The van der Waals surface area contributed by atoms with Gasteiger partial charge in [0.15, 0.2) is 5.82 Å². The number of nitrogens with two attached hydrogens (primary N) is 1. The van der Waals surface area contributed by atoms with E-state index in [1.54, 1.807) is 17.8 Å². The maximum atomic E-state index is 13.1. The van der Waals surface area contributed by atoms with Gasteiger partial charge in [-0.1, -0.05) is 0 Å². The molecule has 0 radical (unpaired) electrons. The quantitative estimate of drug-likeness (QED) is 0.716. The molecule has 0 amide bonds. The highest BCUT2D eigenvalue weighted by Crippen LogP contribution is 2.25. The number of nitrogen functional groups attached to an aromatic ring is 1. The Bertz CT molecular complexity index is 681. The monoisotopic (exact) mass is 246 g/mol. The van der Waals surface area contributed by atoms with Crippen LogP contribution in [-0.2, 0) is 0 Å². The van der Waals surface area contributed by atoms with Crippen molar-refractivity contribution in [1.82, 2.24) is 15.0 Å². The van der Waals surface area contributed by atoms with Crippen LogP contribution in [0.25, 0.3) is 21.6 Å². The molecule has 0 unspecified atom stereocenters. The predicted octanol–water partition coefficient (Wildman–Crippen LogP) is 2.47. The standard InChI is InChI=1S/C11H7FN4S/c12-6-1-2-7-8(3-6)15-11(16-10(7)13)9-4-14-5-17-9/h1-5H,(H2,13,15,16). The Balaban J connectivity index is 2.29. The molecule has 2 N–H and O–H groups in total. The van der Waals surface area contributed by atoms with Crippen molar-refractivity contribution < 1.29 is 4.39 Å². The molecule has 0 aliphatic rings. The third kappa shape index (κ3) is 1.72. The molecule has 0 aliphatic carbocycles. The molecule has 0 saturated heterocycles. The zero-order valence-corrected chi connectivity index (χ0v) is 9.41. The van der Waals surface area contributed by atoms with Crippen LogP contribution in [0.5, 0.6) is 0 Å². The average molecular weight is 246 g/mol. The Labute approximate surface area is 100.0 Å². The highest BCUT2D eigenvalue weighted by atomic mass is 32.1. The van der Waals surface area contributed by atoms with E-state index in [4.69, 9.17) is 5.73 Å². The summed E-state index contributed by atoms with van der Waals surface area (Å²) >= 11 is 1.41. The Morgan fingerprint density at radius 2 is 2.12 bits per heavy atom. The van der Waals surface area contributed by atoms with Crippen molar-refractivity contribution in [2.75, 3.05) is 5.73 Å². The fourth-order valence-corrected chi connectivity index (χ4v) is 2.12. The molecule has 6 heteroatoms. The average Bonchev–Trinajstić information content (AvgIpc) is 2.81. The van der Waals surface area contributed by atoms with E-state index in [-0.39, 0.29) is 5.82 Å². The van der Waals surface area contributed by atoms with Crippen LogP contribution < -0.4 is 5.73 Å². The summed E-state index contributed by atoms with van der Waals surface area (Å²) in [5.41, 5.74) is 8.01. The Hall–Kier alpha value is -2.08. The first-order chi connectivity index (χ1) is 8.24. The van der Waals surface area contributed by atoms with Gasteiger partial charge in [-0.3, -0.25) is 4.98 Å². The minimum atomic E-state index is -0.342. The van der Waals surface area contributed by atoms with Crippen LogP contribution in [0.4, 0.5) is 10.2 Å². The van der Waals surface area contributed by atoms with Crippen molar-refractivity contribution >= 4 is 28.1 Å². The number of rotatable bonds is 1. The zero-order valence-electron chi connectivity index (χ0n) is 8.59. The smallest absolute Gasteiger partial charge is 0.173 e. The van der Waals surface area contributed by atoms with E-state index in [1.807, 2.05) is 0 Å². The van der Waals surface area contributed by atoms with Gasteiger partial charge in [0.05, 0.1) is 15.9 Å². The second-order valence-electron chi connectivity index (χ2n) is 3.46. The molecule has 0 fully saturated rings.